The molecule has 0 spiro atoms. The van der Waals surface area contributed by atoms with Gasteiger partial charge in [0.15, 0.2) is 0 Å². The van der Waals surface area contributed by atoms with E-state index in [0.29, 0.717) is 22.5 Å². The van der Waals surface area contributed by atoms with Gasteiger partial charge in [-0.1, -0.05) is 11.6 Å². The summed E-state index contributed by atoms with van der Waals surface area (Å²) in [5, 5.41) is 5.20. The Balaban J connectivity index is 1.92. The van der Waals surface area contributed by atoms with Crippen LogP contribution in [0, 0.1) is 0 Å². The maximum atomic E-state index is 12.4. The first-order chi connectivity index (χ1) is 9.63. The van der Waals surface area contributed by atoms with E-state index in [2.05, 4.69) is 10.1 Å². The van der Waals surface area contributed by atoms with Crippen LogP contribution in [0.5, 0.6) is 0 Å². The summed E-state index contributed by atoms with van der Waals surface area (Å²) in [5.74, 6) is 0. The molecule has 3 rings (SSSR count). The molecule has 0 aliphatic carbocycles. The van der Waals surface area contributed by atoms with Crippen molar-refractivity contribution in [3.63, 3.8) is 0 Å². The van der Waals surface area contributed by atoms with Crippen molar-refractivity contribution in [1.29, 1.82) is 0 Å². The molecule has 0 aliphatic heterocycles. The highest BCUT2D eigenvalue weighted by Crippen LogP contribution is 2.14. The van der Waals surface area contributed by atoms with E-state index in [9.17, 15) is 4.79 Å². The number of fused-ring (bicyclic) bond motifs is 1. The molecular weight excluding hydrogens is 276 g/mol. The molecule has 0 bridgehead atoms. The van der Waals surface area contributed by atoms with Crippen LogP contribution < -0.4 is 5.56 Å². The third-order valence-corrected chi connectivity index (χ3v) is 3.42. The number of rotatable bonds is 3. The molecule has 0 N–H and O–H groups in total. The summed E-state index contributed by atoms with van der Waals surface area (Å²) in [6.45, 7) is 0.569. The summed E-state index contributed by atoms with van der Waals surface area (Å²) in [5.41, 5.74) is 1.68. The van der Waals surface area contributed by atoms with Crippen LogP contribution in [0.15, 0.2) is 41.7 Å². The standard InChI is InChI=1S/C14H13ClN4O/c1-18-8-10(7-17-18)4-5-19-9-16-13-3-2-11(15)6-12(13)14(19)20/h2-3,6-9H,4-5H2,1H3. The van der Waals surface area contributed by atoms with Gasteiger partial charge in [0.1, 0.15) is 0 Å². The minimum atomic E-state index is -0.0682. The molecule has 20 heavy (non-hydrogen) atoms. The van der Waals surface area contributed by atoms with Gasteiger partial charge in [0, 0.05) is 24.8 Å². The molecule has 0 fully saturated rings. The van der Waals surface area contributed by atoms with Crippen molar-refractivity contribution in [3.8, 4) is 0 Å². The van der Waals surface area contributed by atoms with E-state index in [0.717, 1.165) is 12.0 Å². The summed E-state index contributed by atoms with van der Waals surface area (Å²) in [7, 11) is 1.87. The molecule has 3 aromatic rings. The number of hydrogen-bond acceptors (Lipinski definition) is 3. The van der Waals surface area contributed by atoms with Crippen LogP contribution in [0.4, 0.5) is 0 Å². The molecule has 0 saturated carbocycles. The van der Waals surface area contributed by atoms with Gasteiger partial charge < -0.3 is 0 Å². The van der Waals surface area contributed by atoms with Gasteiger partial charge in [-0.05, 0) is 30.2 Å². The summed E-state index contributed by atoms with van der Waals surface area (Å²) in [6.07, 6.45) is 6.06. The average Bonchev–Trinajstić information content (AvgIpc) is 2.84. The zero-order chi connectivity index (χ0) is 14.1. The van der Waals surface area contributed by atoms with Crippen molar-refractivity contribution in [3.05, 3.63) is 57.9 Å². The van der Waals surface area contributed by atoms with Crippen molar-refractivity contribution < 1.29 is 0 Å². The first-order valence-electron chi connectivity index (χ1n) is 6.26. The molecule has 2 heterocycles. The lowest BCUT2D eigenvalue weighted by Crippen LogP contribution is -2.21. The van der Waals surface area contributed by atoms with Gasteiger partial charge in [-0.25, -0.2) is 4.98 Å². The number of aromatic nitrogens is 4. The molecule has 0 unspecified atom stereocenters. The molecule has 0 saturated heterocycles. The molecule has 102 valence electrons. The van der Waals surface area contributed by atoms with E-state index in [-0.39, 0.29) is 5.56 Å². The van der Waals surface area contributed by atoms with Crippen molar-refractivity contribution in [2.24, 2.45) is 7.05 Å². The zero-order valence-electron chi connectivity index (χ0n) is 11.0. The molecule has 0 atom stereocenters. The second-order valence-electron chi connectivity index (χ2n) is 4.68. The Bertz CT molecular complexity index is 821. The van der Waals surface area contributed by atoms with Gasteiger partial charge in [-0.15, -0.1) is 0 Å². The van der Waals surface area contributed by atoms with Crippen molar-refractivity contribution in [2.45, 2.75) is 13.0 Å². The van der Waals surface area contributed by atoms with Crippen LogP contribution in [-0.4, -0.2) is 19.3 Å². The zero-order valence-corrected chi connectivity index (χ0v) is 11.7. The fourth-order valence-corrected chi connectivity index (χ4v) is 2.31. The second kappa shape index (κ2) is 5.09. The molecule has 5 nitrogen and oxygen atoms in total. The molecule has 6 heteroatoms. The number of hydrogen-bond donors (Lipinski definition) is 0. The normalized spacial score (nSPS) is 11.1. The number of nitrogens with zero attached hydrogens (tertiary/aromatic N) is 4. The maximum absolute atomic E-state index is 12.4. The topological polar surface area (TPSA) is 52.7 Å². The Morgan fingerprint density at radius 2 is 2.20 bits per heavy atom. The SMILES string of the molecule is Cn1cc(CCn2cnc3ccc(Cl)cc3c2=O)cn1. The van der Waals surface area contributed by atoms with Crippen LogP contribution in [0.1, 0.15) is 5.56 Å². The highest BCUT2D eigenvalue weighted by Gasteiger charge is 2.05. The van der Waals surface area contributed by atoms with Gasteiger partial charge in [0.2, 0.25) is 0 Å². The minimum Gasteiger partial charge on any atom is -0.298 e. The van der Waals surface area contributed by atoms with Crippen LogP contribution in [0.25, 0.3) is 10.9 Å². The van der Waals surface area contributed by atoms with Gasteiger partial charge >= 0.3 is 0 Å². The molecule has 0 aliphatic rings. The summed E-state index contributed by atoms with van der Waals surface area (Å²) in [4.78, 5) is 16.6. The highest BCUT2D eigenvalue weighted by molar-refractivity contribution is 6.31. The quantitative estimate of drug-likeness (QED) is 0.741. The number of benzene rings is 1. The van der Waals surface area contributed by atoms with Gasteiger partial charge in [0.05, 0.1) is 23.4 Å². The first-order valence-corrected chi connectivity index (χ1v) is 6.63. The minimum absolute atomic E-state index is 0.0682. The van der Waals surface area contributed by atoms with Crippen LogP contribution in [-0.2, 0) is 20.0 Å². The predicted molar refractivity (Wildman–Crippen MR) is 77.9 cm³/mol. The highest BCUT2D eigenvalue weighted by atomic mass is 35.5. The van der Waals surface area contributed by atoms with E-state index in [1.54, 1.807) is 40.0 Å². The summed E-state index contributed by atoms with van der Waals surface area (Å²) in [6, 6.07) is 5.15. The van der Waals surface area contributed by atoms with Crippen LogP contribution in [0.3, 0.4) is 0 Å². The van der Waals surface area contributed by atoms with E-state index in [4.69, 9.17) is 11.6 Å². The van der Waals surface area contributed by atoms with Gasteiger partial charge in [-0.2, -0.15) is 5.10 Å². The Labute approximate surface area is 120 Å². The Morgan fingerprint density at radius 3 is 2.95 bits per heavy atom. The largest absolute Gasteiger partial charge is 0.298 e. The van der Waals surface area contributed by atoms with Crippen LogP contribution >= 0.6 is 11.6 Å². The Hall–Kier alpha value is -2.14. The second-order valence-corrected chi connectivity index (χ2v) is 5.11. The monoisotopic (exact) mass is 288 g/mol. The maximum Gasteiger partial charge on any atom is 0.261 e. The molecule has 0 radical (unpaired) electrons. The van der Waals surface area contributed by atoms with Crippen LogP contribution in [0.2, 0.25) is 5.02 Å². The molecular formula is C14H13ClN4O. The van der Waals surface area contributed by atoms with E-state index in [1.165, 1.54) is 0 Å². The van der Waals surface area contributed by atoms with Gasteiger partial charge in [-0.3, -0.25) is 14.0 Å². The predicted octanol–water partition coefficient (Wildman–Crippen LogP) is 2.03. The molecule has 0 amide bonds. The lowest BCUT2D eigenvalue weighted by Gasteiger charge is -2.05. The third kappa shape index (κ3) is 2.44. The molecule has 2 aromatic heterocycles. The fourth-order valence-electron chi connectivity index (χ4n) is 2.14. The summed E-state index contributed by atoms with van der Waals surface area (Å²) >= 11 is 5.93. The lowest BCUT2D eigenvalue weighted by molar-refractivity contribution is 0.662. The molecule has 1 aromatic carbocycles. The number of halogens is 1. The van der Waals surface area contributed by atoms with E-state index >= 15 is 0 Å². The fraction of sp³-hybridized carbons (Fsp3) is 0.214. The Morgan fingerprint density at radius 1 is 1.35 bits per heavy atom. The lowest BCUT2D eigenvalue weighted by atomic mass is 10.2. The smallest absolute Gasteiger partial charge is 0.261 e. The first kappa shape index (κ1) is 12.9. The van der Waals surface area contributed by atoms with Gasteiger partial charge in [0.25, 0.3) is 5.56 Å². The van der Waals surface area contributed by atoms with E-state index in [1.807, 2.05) is 13.2 Å². The van der Waals surface area contributed by atoms with Crippen molar-refractivity contribution >= 4 is 22.5 Å². The average molecular weight is 289 g/mol. The Kier molecular flexibility index (Phi) is 3.28. The number of aryl methyl sites for hydroxylation is 3. The van der Waals surface area contributed by atoms with Crippen molar-refractivity contribution in [2.75, 3.05) is 0 Å². The van der Waals surface area contributed by atoms with E-state index < -0.39 is 0 Å². The summed E-state index contributed by atoms with van der Waals surface area (Å²) < 4.78 is 3.35. The van der Waals surface area contributed by atoms with Crippen molar-refractivity contribution in [1.82, 2.24) is 19.3 Å². The third-order valence-electron chi connectivity index (χ3n) is 3.19.